The second-order valence-electron chi connectivity index (χ2n) is 11.2. The van der Waals surface area contributed by atoms with Gasteiger partial charge in [0.15, 0.2) is 0 Å². The monoisotopic (exact) mass is 594 g/mol. The van der Waals surface area contributed by atoms with Gasteiger partial charge in [-0.1, -0.05) is 104 Å². The molecule has 5 nitrogen and oxygen atoms in total. The van der Waals surface area contributed by atoms with Gasteiger partial charge in [0.05, 0.1) is 11.8 Å². The summed E-state index contributed by atoms with van der Waals surface area (Å²) in [7, 11) is 0. The van der Waals surface area contributed by atoms with E-state index in [1.807, 2.05) is 110 Å². The molecule has 3 atom stereocenters. The van der Waals surface area contributed by atoms with Crippen molar-refractivity contribution >= 4 is 46.6 Å². The van der Waals surface area contributed by atoms with Gasteiger partial charge in [-0.05, 0) is 45.9 Å². The number of anilines is 1. The van der Waals surface area contributed by atoms with Crippen molar-refractivity contribution in [2.75, 3.05) is 5.32 Å². The molecule has 42 heavy (non-hydrogen) atoms. The van der Waals surface area contributed by atoms with E-state index in [0.29, 0.717) is 12.1 Å². The Hall–Kier alpha value is -3.93. The van der Waals surface area contributed by atoms with E-state index in [1.165, 1.54) is 0 Å². The quantitative estimate of drug-likeness (QED) is 0.208. The lowest BCUT2D eigenvalue weighted by Gasteiger charge is -2.54. The molecule has 0 aromatic heterocycles. The van der Waals surface area contributed by atoms with Crippen molar-refractivity contribution in [3.05, 3.63) is 137 Å². The van der Waals surface area contributed by atoms with Crippen LogP contribution in [-0.2, 0) is 37.0 Å². The number of amides is 3. The number of hydrogen-bond acceptors (Lipinski definition) is 3. The molecule has 0 spiro atoms. The molecule has 7 heteroatoms. The Morgan fingerprint density at radius 3 is 1.69 bits per heavy atom. The van der Waals surface area contributed by atoms with Gasteiger partial charge in [0.1, 0.15) is 15.8 Å². The molecule has 4 aliphatic rings. The number of nitrogens with zero attached hydrogens (tertiary/aromatic N) is 1. The molecule has 0 unspecified atom stereocenters. The number of likely N-dealkylation sites (tertiary alicyclic amines) is 1. The maximum atomic E-state index is 14.6. The molecule has 3 aliphatic carbocycles. The number of rotatable bonds is 6. The summed E-state index contributed by atoms with van der Waals surface area (Å²) < 4.78 is 0. The van der Waals surface area contributed by atoms with Crippen LogP contribution < -0.4 is 5.32 Å². The van der Waals surface area contributed by atoms with Crippen LogP contribution in [0.2, 0.25) is 0 Å². The summed E-state index contributed by atoms with van der Waals surface area (Å²) in [5, 5.41) is 3.02. The number of aryl methyl sites for hydroxylation is 1. The zero-order valence-corrected chi connectivity index (χ0v) is 24.4. The average molecular weight is 596 g/mol. The number of para-hydroxylation sites is 1. The maximum absolute atomic E-state index is 14.6. The number of imide groups is 1. The molecule has 210 valence electrons. The zero-order valence-electron chi connectivity index (χ0n) is 22.9. The molecule has 4 aromatic carbocycles. The molecule has 1 N–H and O–H groups in total. The first kappa shape index (κ1) is 26.9. The normalized spacial score (nSPS) is 25.9. The van der Waals surface area contributed by atoms with Crippen molar-refractivity contribution in [1.82, 2.24) is 4.90 Å². The van der Waals surface area contributed by atoms with E-state index in [4.69, 9.17) is 23.2 Å². The number of carbonyl (C=O) groups excluding carboxylic acids is 3. The third-order valence-corrected chi connectivity index (χ3v) is 10.4. The molecule has 1 saturated heterocycles. The second kappa shape index (κ2) is 9.82. The summed E-state index contributed by atoms with van der Waals surface area (Å²) in [6.45, 7) is 2.01. The van der Waals surface area contributed by atoms with Crippen molar-refractivity contribution < 1.29 is 14.4 Å². The predicted molar refractivity (Wildman–Crippen MR) is 163 cm³/mol. The van der Waals surface area contributed by atoms with E-state index in [0.717, 1.165) is 38.3 Å². The molecule has 1 fully saturated rings. The fourth-order valence-corrected chi connectivity index (χ4v) is 8.40. The highest BCUT2D eigenvalue weighted by Crippen LogP contribution is 2.69. The van der Waals surface area contributed by atoms with Gasteiger partial charge in [-0.2, -0.15) is 0 Å². The molecule has 3 amide bonds. The Balaban J connectivity index is 1.37. The highest BCUT2D eigenvalue weighted by Gasteiger charge is 2.73. The molecule has 4 aromatic rings. The highest BCUT2D eigenvalue weighted by molar-refractivity contribution is 6.36. The number of hydrogen-bond donors (Lipinski definition) is 1. The van der Waals surface area contributed by atoms with Crippen molar-refractivity contribution in [1.29, 1.82) is 0 Å². The smallest absolute Gasteiger partial charge is 0.248 e. The number of nitrogens with one attached hydrogen (secondary N) is 1. The number of alkyl halides is 2. The average Bonchev–Trinajstić information content (AvgIpc) is 3.30. The van der Waals surface area contributed by atoms with E-state index < -0.39 is 45.3 Å². The van der Waals surface area contributed by atoms with Gasteiger partial charge in [-0.3, -0.25) is 19.3 Å². The van der Waals surface area contributed by atoms with Crippen molar-refractivity contribution in [2.45, 2.75) is 35.6 Å². The van der Waals surface area contributed by atoms with Crippen LogP contribution >= 0.6 is 23.2 Å². The van der Waals surface area contributed by atoms with Gasteiger partial charge < -0.3 is 5.32 Å². The lowest BCUT2D eigenvalue weighted by atomic mass is 9.54. The van der Waals surface area contributed by atoms with Crippen LogP contribution in [0.3, 0.4) is 0 Å². The number of carbonyl (C=O) groups is 3. The first-order valence-electron chi connectivity index (χ1n) is 14.2. The Kier molecular flexibility index (Phi) is 6.30. The lowest BCUT2D eigenvalue weighted by molar-refractivity contribution is -0.146. The van der Waals surface area contributed by atoms with E-state index in [1.54, 1.807) is 0 Å². The van der Waals surface area contributed by atoms with E-state index in [-0.39, 0.29) is 6.42 Å². The molecule has 8 rings (SSSR count). The third-order valence-electron chi connectivity index (χ3n) is 9.16. The fourth-order valence-electron chi connectivity index (χ4n) is 7.30. The van der Waals surface area contributed by atoms with Gasteiger partial charge in [-0.15, -0.1) is 23.2 Å². The van der Waals surface area contributed by atoms with E-state index in [2.05, 4.69) is 5.32 Å². The van der Waals surface area contributed by atoms with E-state index >= 15 is 0 Å². The SMILES string of the molecule is CCc1ccccc1NC(=O)[C@@H](Cc1ccccc1)N1C(=O)[C@@H]2[C@H](C1=O)C1(Cl)c3ccccc3C2(Cl)c2ccccc21. The van der Waals surface area contributed by atoms with Gasteiger partial charge in [0, 0.05) is 12.1 Å². The fraction of sp³-hybridized carbons (Fsp3) is 0.229. The topological polar surface area (TPSA) is 66.5 Å². The van der Waals surface area contributed by atoms with Crippen LogP contribution in [-0.4, -0.2) is 28.7 Å². The Morgan fingerprint density at radius 1 is 0.738 bits per heavy atom. The molecular weight excluding hydrogens is 567 g/mol. The van der Waals surface area contributed by atoms with Crippen LogP contribution in [0, 0.1) is 11.8 Å². The zero-order chi connectivity index (χ0) is 29.2. The minimum atomic E-state index is -1.31. The van der Waals surface area contributed by atoms with E-state index in [9.17, 15) is 14.4 Å². The van der Waals surface area contributed by atoms with Crippen LogP contribution in [0.5, 0.6) is 0 Å². The molecular formula is C35H28Cl2N2O3. The molecule has 1 heterocycles. The summed E-state index contributed by atoms with van der Waals surface area (Å²) in [6.07, 6.45) is 0.869. The Morgan fingerprint density at radius 2 is 1.19 bits per heavy atom. The van der Waals surface area contributed by atoms with Crippen molar-refractivity contribution in [2.24, 2.45) is 11.8 Å². The third kappa shape index (κ3) is 3.60. The Bertz CT molecular complexity index is 1630. The number of halogens is 2. The summed E-state index contributed by atoms with van der Waals surface area (Å²) >= 11 is 15.2. The van der Waals surface area contributed by atoms with Gasteiger partial charge in [0.2, 0.25) is 17.7 Å². The van der Waals surface area contributed by atoms with Gasteiger partial charge in [-0.25, -0.2) is 0 Å². The summed E-state index contributed by atoms with van der Waals surface area (Å²) in [5.41, 5.74) is 5.35. The first-order chi connectivity index (χ1) is 20.3. The predicted octanol–water partition coefficient (Wildman–Crippen LogP) is 6.39. The van der Waals surface area contributed by atoms with Crippen molar-refractivity contribution in [3.8, 4) is 0 Å². The Labute approximate surface area is 254 Å². The van der Waals surface area contributed by atoms with Crippen LogP contribution in [0.25, 0.3) is 0 Å². The second-order valence-corrected chi connectivity index (χ2v) is 12.4. The summed E-state index contributed by atoms with van der Waals surface area (Å²) in [5.74, 6) is -3.33. The summed E-state index contributed by atoms with van der Waals surface area (Å²) in [6, 6.07) is 30.9. The molecule has 0 radical (unpaired) electrons. The standard InChI is InChI=1S/C35H28Cl2N2O3/c1-2-22-14-6-11-19-27(22)38-31(40)28(20-21-12-4-3-5-13-21)39-32(41)29-30(33(39)42)35(37)24-16-8-7-15-23(24)34(29,36)25-17-9-10-18-26(25)35/h3-19,28-30H,2,20H2,1H3,(H,38,40)/t28-,29-,30+,34?,35?/m1/s1. The number of benzene rings is 4. The van der Waals surface area contributed by atoms with Crippen LogP contribution in [0.15, 0.2) is 103 Å². The highest BCUT2D eigenvalue weighted by atomic mass is 35.5. The van der Waals surface area contributed by atoms with Crippen LogP contribution in [0.4, 0.5) is 5.69 Å². The largest absolute Gasteiger partial charge is 0.324 e. The first-order valence-corrected chi connectivity index (χ1v) is 14.9. The summed E-state index contributed by atoms with van der Waals surface area (Å²) in [4.78, 5) is 41.9. The van der Waals surface area contributed by atoms with Gasteiger partial charge in [0.25, 0.3) is 0 Å². The minimum Gasteiger partial charge on any atom is -0.324 e. The lowest BCUT2D eigenvalue weighted by Crippen LogP contribution is -2.57. The molecule has 2 bridgehead atoms. The minimum absolute atomic E-state index is 0.155. The maximum Gasteiger partial charge on any atom is 0.248 e. The molecule has 1 aliphatic heterocycles. The van der Waals surface area contributed by atoms with Gasteiger partial charge >= 0.3 is 0 Å². The van der Waals surface area contributed by atoms with Crippen molar-refractivity contribution in [3.63, 3.8) is 0 Å². The molecule has 0 saturated carbocycles. The van der Waals surface area contributed by atoms with Crippen LogP contribution in [0.1, 0.15) is 40.3 Å².